The normalized spacial score (nSPS) is 15.8. The number of ether oxygens (including phenoxy) is 1. The van der Waals surface area contributed by atoms with Crippen molar-refractivity contribution in [1.82, 2.24) is 0 Å². The van der Waals surface area contributed by atoms with Gasteiger partial charge in [0, 0.05) is 0 Å². The number of aryl methyl sites for hydroxylation is 1. The average molecular weight is 219 g/mol. The molecule has 2 N–H and O–H groups in total. The fourth-order valence-electron chi connectivity index (χ4n) is 1.89. The van der Waals surface area contributed by atoms with E-state index in [0.717, 1.165) is 25.1 Å². The summed E-state index contributed by atoms with van der Waals surface area (Å²) in [5, 5.41) is 0. The Bertz CT molecular complexity index is 303. The van der Waals surface area contributed by atoms with Gasteiger partial charge >= 0.3 is 0 Å². The Morgan fingerprint density at radius 3 is 2.44 bits per heavy atom. The number of rotatable bonds is 6. The average Bonchev–Trinajstić information content (AvgIpc) is 2.26. The zero-order valence-corrected chi connectivity index (χ0v) is 9.82. The van der Waals surface area contributed by atoms with Crippen molar-refractivity contribution in [3.8, 4) is 5.75 Å². The monoisotopic (exact) mass is 219 g/mol. The van der Waals surface area contributed by atoms with Gasteiger partial charge in [0.25, 0.3) is 0 Å². The Morgan fingerprint density at radius 2 is 1.88 bits per heavy atom. The topological polar surface area (TPSA) is 35.2 Å². The molecule has 1 aliphatic carbocycles. The quantitative estimate of drug-likeness (QED) is 0.747. The van der Waals surface area contributed by atoms with Crippen molar-refractivity contribution in [2.45, 2.75) is 44.6 Å². The zero-order valence-electron chi connectivity index (χ0n) is 9.82. The van der Waals surface area contributed by atoms with E-state index in [1.165, 1.54) is 31.2 Å². The van der Waals surface area contributed by atoms with Crippen LogP contribution in [0.15, 0.2) is 24.3 Å². The van der Waals surface area contributed by atoms with Crippen LogP contribution in [0.5, 0.6) is 5.75 Å². The summed E-state index contributed by atoms with van der Waals surface area (Å²) in [4.78, 5) is 0. The molecule has 1 aromatic rings. The Kier molecular flexibility index (Phi) is 4.23. The molecule has 0 aliphatic heterocycles. The molecule has 1 saturated carbocycles. The third-order valence-electron chi connectivity index (χ3n) is 3.20. The molecule has 0 heterocycles. The molecule has 2 rings (SSSR count). The molecular weight excluding hydrogens is 198 g/mol. The predicted octanol–water partition coefficient (Wildman–Crippen LogP) is 2.90. The van der Waals surface area contributed by atoms with Crippen molar-refractivity contribution < 1.29 is 4.74 Å². The van der Waals surface area contributed by atoms with Gasteiger partial charge in [-0.15, -0.1) is 0 Å². The Hall–Kier alpha value is -1.02. The van der Waals surface area contributed by atoms with E-state index in [9.17, 15) is 0 Å². The van der Waals surface area contributed by atoms with Gasteiger partial charge in [-0.05, 0) is 62.8 Å². The maximum atomic E-state index is 5.81. The van der Waals surface area contributed by atoms with Gasteiger partial charge in [0.2, 0.25) is 0 Å². The van der Waals surface area contributed by atoms with Crippen LogP contribution in [0, 0.1) is 0 Å². The lowest BCUT2D eigenvalue weighted by atomic mass is 9.96. The summed E-state index contributed by atoms with van der Waals surface area (Å²) >= 11 is 0. The highest BCUT2D eigenvalue weighted by atomic mass is 16.5. The molecule has 0 spiro atoms. The first-order valence-electron chi connectivity index (χ1n) is 6.34. The molecule has 0 radical (unpaired) electrons. The summed E-state index contributed by atoms with van der Waals surface area (Å²) in [6.45, 7) is 0.795. The van der Waals surface area contributed by atoms with Crippen LogP contribution in [0.4, 0.5) is 0 Å². The molecule has 16 heavy (non-hydrogen) atoms. The number of unbranched alkanes of at least 4 members (excludes halogenated alkanes) is 1. The fourth-order valence-corrected chi connectivity index (χ4v) is 1.89. The number of hydrogen-bond acceptors (Lipinski definition) is 2. The Morgan fingerprint density at radius 1 is 1.12 bits per heavy atom. The molecule has 0 saturated heterocycles. The van der Waals surface area contributed by atoms with Gasteiger partial charge in [-0.2, -0.15) is 0 Å². The van der Waals surface area contributed by atoms with E-state index in [1.807, 2.05) is 0 Å². The van der Waals surface area contributed by atoms with E-state index in [2.05, 4.69) is 24.3 Å². The molecule has 2 heteroatoms. The van der Waals surface area contributed by atoms with E-state index < -0.39 is 0 Å². The largest absolute Gasteiger partial charge is 0.490 e. The highest BCUT2D eigenvalue weighted by Crippen LogP contribution is 2.25. The summed E-state index contributed by atoms with van der Waals surface area (Å²) in [5.41, 5.74) is 6.86. The van der Waals surface area contributed by atoms with Crippen LogP contribution >= 0.6 is 0 Å². The second-order valence-electron chi connectivity index (χ2n) is 4.56. The van der Waals surface area contributed by atoms with E-state index in [1.54, 1.807) is 0 Å². The first kappa shape index (κ1) is 11.5. The van der Waals surface area contributed by atoms with Crippen molar-refractivity contribution >= 4 is 0 Å². The molecule has 0 unspecified atom stereocenters. The van der Waals surface area contributed by atoms with Crippen molar-refractivity contribution in [3.63, 3.8) is 0 Å². The van der Waals surface area contributed by atoms with Crippen molar-refractivity contribution in [1.29, 1.82) is 0 Å². The first-order chi connectivity index (χ1) is 7.88. The number of hydrogen-bond donors (Lipinski definition) is 1. The van der Waals surface area contributed by atoms with Crippen LogP contribution in [0.2, 0.25) is 0 Å². The van der Waals surface area contributed by atoms with E-state index in [4.69, 9.17) is 10.5 Å². The van der Waals surface area contributed by atoms with Crippen LogP contribution in [0.1, 0.15) is 37.7 Å². The van der Waals surface area contributed by atoms with Gasteiger partial charge in [0.1, 0.15) is 5.75 Å². The van der Waals surface area contributed by atoms with E-state index in [0.29, 0.717) is 6.10 Å². The Balaban J connectivity index is 1.78. The lowest BCUT2D eigenvalue weighted by Crippen LogP contribution is -2.24. The SMILES string of the molecule is NCCCCc1ccc(OC2CCC2)cc1. The smallest absolute Gasteiger partial charge is 0.119 e. The number of nitrogens with two attached hydrogens (primary N) is 1. The molecule has 0 amide bonds. The lowest BCUT2D eigenvalue weighted by molar-refractivity contribution is 0.120. The van der Waals surface area contributed by atoms with E-state index in [-0.39, 0.29) is 0 Å². The summed E-state index contributed by atoms with van der Waals surface area (Å²) in [7, 11) is 0. The molecule has 1 aromatic carbocycles. The fraction of sp³-hybridized carbons (Fsp3) is 0.571. The van der Waals surface area contributed by atoms with Gasteiger partial charge in [-0.3, -0.25) is 0 Å². The molecule has 0 bridgehead atoms. The third kappa shape index (κ3) is 3.24. The second kappa shape index (κ2) is 5.90. The third-order valence-corrected chi connectivity index (χ3v) is 3.20. The Labute approximate surface area is 97.8 Å². The summed E-state index contributed by atoms with van der Waals surface area (Å²) in [5.74, 6) is 1.02. The zero-order chi connectivity index (χ0) is 11.2. The molecule has 0 aromatic heterocycles. The maximum Gasteiger partial charge on any atom is 0.119 e. The summed E-state index contributed by atoms with van der Waals surface area (Å²) < 4.78 is 5.81. The molecule has 88 valence electrons. The highest BCUT2D eigenvalue weighted by molar-refractivity contribution is 5.27. The van der Waals surface area contributed by atoms with Gasteiger partial charge in [0.05, 0.1) is 6.10 Å². The molecule has 2 nitrogen and oxygen atoms in total. The minimum Gasteiger partial charge on any atom is -0.490 e. The molecule has 1 fully saturated rings. The lowest BCUT2D eigenvalue weighted by Gasteiger charge is -2.26. The van der Waals surface area contributed by atoms with E-state index >= 15 is 0 Å². The first-order valence-corrected chi connectivity index (χ1v) is 6.34. The molecule has 1 aliphatic rings. The summed E-state index contributed by atoms with van der Waals surface area (Å²) in [6, 6.07) is 8.53. The van der Waals surface area contributed by atoms with Crippen molar-refractivity contribution in [2.75, 3.05) is 6.54 Å². The van der Waals surface area contributed by atoms with Crippen LogP contribution in [-0.2, 0) is 6.42 Å². The second-order valence-corrected chi connectivity index (χ2v) is 4.56. The van der Waals surface area contributed by atoms with Crippen LogP contribution in [-0.4, -0.2) is 12.6 Å². The standard InChI is InChI=1S/C14H21NO/c15-11-2-1-4-12-7-9-14(10-8-12)16-13-5-3-6-13/h7-10,13H,1-6,11,15H2. The van der Waals surface area contributed by atoms with Gasteiger partial charge in [-0.1, -0.05) is 12.1 Å². The van der Waals surface area contributed by atoms with Crippen LogP contribution in [0.3, 0.4) is 0 Å². The minimum atomic E-state index is 0.475. The van der Waals surface area contributed by atoms with Gasteiger partial charge in [0.15, 0.2) is 0 Å². The summed E-state index contributed by atoms with van der Waals surface area (Å²) in [6.07, 6.45) is 7.65. The van der Waals surface area contributed by atoms with Crippen molar-refractivity contribution in [3.05, 3.63) is 29.8 Å². The van der Waals surface area contributed by atoms with Crippen LogP contribution in [0.25, 0.3) is 0 Å². The molecular formula is C14H21NO. The minimum absolute atomic E-state index is 0.475. The van der Waals surface area contributed by atoms with Crippen molar-refractivity contribution in [2.24, 2.45) is 5.73 Å². The highest BCUT2D eigenvalue weighted by Gasteiger charge is 2.18. The van der Waals surface area contributed by atoms with Gasteiger partial charge < -0.3 is 10.5 Å². The predicted molar refractivity (Wildman–Crippen MR) is 66.7 cm³/mol. The maximum absolute atomic E-state index is 5.81. The van der Waals surface area contributed by atoms with Gasteiger partial charge in [-0.25, -0.2) is 0 Å². The van der Waals surface area contributed by atoms with Crippen LogP contribution < -0.4 is 10.5 Å². The number of benzene rings is 1. The molecule has 0 atom stereocenters.